The smallest absolute Gasteiger partial charge is 0.410 e. The number of thiophene rings is 1. The number of carbonyl (C=O) groups is 2. The molecule has 1 saturated heterocycles. The molecule has 1 aromatic heterocycles. The van der Waals surface area contributed by atoms with Crippen LogP contribution in [0.1, 0.15) is 39.2 Å². The van der Waals surface area contributed by atoms with E-state index in [-0.39, 0.29) is 18.0 Å². The molecule has 2 rings (SSSR count). The van der Waals surface area contributed by atoms with E-state index in [1.807, 2.05) is 42.5 Å². The van der Waals surface area contributed by atoms with E-state index in [4.69, 9.17) is 4.74 Å². The fraction of sp³-hybridized carbons (Fsp3) is 0.647. The molecule has 1 fully saturated rings. The Balaban J connectivity index is 1.92. The molecule has 0 saturated carbocycles. The van der Waals surface area contributed by atoms with Crippen molar-refractivity contribution in [2.24, 2.45) is 0 Å². The maximum absolute atomic E-state index is 12.4. The van der Waals surface area contributed by atoms with E-state index in [9.17, 15) is 9.59 Å². The average molecular weight is 338 g/mol. The quantitative estimate of drug-likeness (QED) is 0.851. The summed E-state index contributed by atoms with van der Waals surface area (Å²) in [5, 5.41) is 3.99. The highest BCUT2D eigenvalue weighted by molar-refractivity contribution is 7.07. The zero-order chi connectivity index (χ0) is 17.0. The first kappa shape index (κ1) is 17.8. The molecule has 1 aromatic rings. The van der Waals surface area contributed by atoms with Crippen molar-refractivity contribution in [3.8, 4) is 0 Å². The highest BCUT2D eigenvalue weighted by Gasteiger charge is 2.30. The summed E-state index contributed by atoms with van der Waals surface area (Å²) in [5.74, 6) is 0.130. The van der Waals surface area contributed by atoms with Gasteiger partial charge in [-0.2, -0.15) is 11.3 Å². The number of likely N-dealkylation sites (N-methyl/N-ethyl adjacent to an activating group) is 1. The van der Waals surface area contributed by atoms with E-state index in [2.05, 4.69) is 0 Å². The van der Waals surface area contributed by atoms with Crippen molar-refractivity contribution < 1.29 is 14.3 Å². The van der Waals surface area contributed by atoms with Gasteiger partial charge in [0.05, 0.1) is 12.5 Å². The normalized spacial score (nSPS) is 18.6. The molecule has 23 heavy (non-hydrogen) atoms. The van der Waals surface area contributed by atoms with Crippen molar-refractivity contribution in [3.05, 3.63) is 22.4 Å². The van der Waals surface area contributed by atoms with Crippen molar-refractivity contribution in [2.75, 3.05) is 20.1 Å². The van der Waals surface area contributed by atoms with Crippen LogP contribution in [0.2, 0.25) is 0 Å². The van der Waals surface area contributed by atoms with Crippen molar-refractivity contribution in [1.82, 2.24) is 9.80 Å². The van der Waals surface area contributed by atoms with E-state index >= 15 is 0 Å². The number of nitrogens with zero attached hydrogens (tertiary/aromatic N) is 2. The van der Waals surface area contributed by atoms with Crippen molar-refractivity contribution in [3.63, 3.8) is 0 Å². The van der Waals surface area contributed by atoms with Crippen LogP contribution in [0.15, 0.2) is 16.8 Å². The second kappa shape index (κ2) is 7.34. The summed E-state index contributed by atoms with van der Waals surface area (Å²) in [4.78, 5) is 28.1. The van der Waals surface area contributed by atoms with Gasteiger partial charge in [-0.05, 0) is 56.0 Å². The molecule has 2 amide bonds. The third-order valence-corrected chi connectivity index (χ3v) is 4.65. The maximum Gasteiger partial charge on any atom is 0.410 e. The Morgan fingerprint density at radius 1 is 1.43 bits per heavy atom. The number of piperidine rings is 1. The minimum atomic E-state index is -0.505. The SMILES string of the molecule is CN(C(=O)OC(C)(C)C)[C@@H]1CCCN(C(=O)Cc2ccsc2)C1. The second-order valence-corrected chi connectivity index (χ2v) is 7.82. The molecule has 0 bridgehead atoms. The fourth-order valence-electron chi connectivity index (χ4n) is 2.66. The summed E-state index contributed by atoms with van der Waals surface area (Å²) < 4.78 is 5.42. The first-order valence-corrected chi connectivity index (χ1v) is 8.95. The second-order valence-electron chi connectivity index (χ2n) is 7.04. The molecule has 0 aliphatic carbocycles. The summed E-state index contributed by atoms with van der Waals surface area (Å²) >= 11 is 1.60. The Morgan fingerprint density at radius 3 is 2.78 bits per heavy atom. The summed E-state index contributed by atoms with van der Waals surface area (Å²) in [7, 11) is 1.76. The van der Waals surface area contributed by atoms with Gasteiger partial charge in [0.25, 0.3) is 0 Å². The van der Waals surface area contributed by atoms with Gasteiger partial charge in [0.2, 0.25) is 5.91 Å². The monoisotopic (exact) mass is 338 g/mol. The van der Waals surface area contributed by atoms with Gasteiger partial charge in [-0.25, -0.2) is 4.79 Å². The molecule has 0 N–H and O–H groups in total. The number of rotatable bonds is 3. The van der Waals surface area contributed by atoms with Gasteiger partial charge in [-0.1, -0.05) is 0 Å². The lowest BCUT2D eigenvalue weighted by atomic mass is 10.0. The first-order valence-electron chi connectivity index (χ1n) is 8.01. The third-order valence-electron chi connectivity index (χ3n) is 3.91. The van der Waals surface area contributed by atoms with Crippen molar-refractivity contribution in [2.45, 2.75) is 51.7 Å². The molecule has 6 heteroatoms. The van der Waals surface area contributed by atoms with Crippen LogP contribution < -0.4 is 0 Å². The Hall–Kier alpha value is -1.56. The van der Waals surface area contributed by atoms with E-state index in [0.717, 1.165) is 24.9 Å². The molecule has 1 aliphatic heterocycles. The number of hydrogen-bond acceptors (Lipinski definition) is 4. The van der Waals surface area contributed by atoms with Gasteiger partial charge in [0.15, 0.2) is 0 Å². The molecule has 0 radical (unpaired) electrons. The van der Waals surface area contributed by atoms with Crippen molar-refractivity contribution in [1.29, 1.82) is 0 Å². The van der Waals surface area contributed by atoms with E-state index < -0.39 is 5.60 Å². The third kappa shape index (κ3) is 5.23. The largest absolute Gasteiger partial charge is 0.444 e. The first-order chi connectivity index (χ1) is 10.8. The number of likely N-dealkylation sites (tertiary alicyclic amines) is 1. The van der Waals surface area contributed by atoms with Crippen LogP contribution >= 0.6 is 11.3 Å². The predicted molar refractivity (Wildman–Crippen MR) is 91.6 cm³/mol. The molecular weight excluding hydrogens is 312 g/mol. The van der Waals surface area contributed by atoms with Crippen LogP contribution in [0.4, 0.5) is 4.79 Å². The molecule has 0 spiro atoms. The van der Waals surface area contributed by atoms with Crippen LogP contribution in [-0.4, -0.2) is 53.6 Å². The van der Waals surface area contributed by atoms with Crippen LogP contribution in [0.25, 0.3) is 0 Å². The number of hydrogen-bond donors (Lipinski definition) is 0. The van der Waals surface area contributed by atoms with E-state index in [1.165, 1.54) is 0 Å². The van der Waals surface area contributed by atoms with Crippen molar-refractivity contribution >= 4 is 23.3 Å². The van der Waals surface area contributed by atoms with Gasteiger partial charge < -0.3 is 14.5 Å². The van der Waals surface area contributed by atoms with E-state index in [1.54, 1.807) is 23.3 Å². The minimum Gasteiger partial charge on any atom is -0.444 e. The summed E-state index contributed by atoms with van der Waals surface area (Å²) in [6, 6.07) is 2.00. The fourth-order valence-corrected chi connectivity index (χ4v) is 3.33. The van der Waals surface area contributed by atoms with Gasteiger partial charge in [0, 0.05) is 20.1 Å². The molecule has 0 aromatic carbocycles. The van der Waals surface area contributed by atoms with Gasteiger partial charge in [-0.15, -0.1) is 0 Å². The zero-order valence-electron chi connectivity index (χ0n) is 14.4. The lowest BCUT2D eigenvalue weighted by Gasteiger charge is -2.38. The lowest BCUT2D eigenvalue weighted by molar-refractivity contribution is -0.132. The van der Waals surface area contributed by atoms with Crippen LogP contribution in [0.3, 0.4) is 0 Å². The summed E-state index contributed by atoms with van der Waals surface area (Å²) in [6.45, 7) is 6.92. The van der Waals surface area contributed by atoms with Crippen LogP contribution in [-0.2, 0) is 16.0 Å². The van der Waals surface area contributed by atoms with Crippen LogP contribution in [0.5, 0.6) is 0 Å². The Labute approximate surface area is 142 Å². The average Bonchev–Trinajstić information content (AvgIpc) is 2.97. The standard InChI is InChI=1S/C17H26N2O3S/c1-17(2,3)22-16(21)18(4)14-6-5-8-19(11-14)15(20)10-13-7-9-23-12-13/h7,9,12,14H,5-6,8,10-11H2,1-4H3/t14-/m1/s1. The lowest BCUT2D eigenvalue weighted by Crippen LogP contribution is -2.51. The molecule has 0 unspecified atom stereocenters. The Bertz CT molecular complexity index is 537. The number of amides is 2. The number of ether oxygens (including phenoxy) is 1. The highest BCUT2D eigenvalue weighted by Crippen LogP contribution is 2.19. The zero-order valence-corrected chi connectivity index (χ0v) is 15.2. The molecule has 1 atom stereocenters. The van der Waals surface area contributed by atoms with Gasteiger partial charge in [-0.3, -0.25) is 4.79 Å². The molecular formula is C17H26N2O3S. The molecule has 1 aliphatic rings. The Kier molecular flexibility index (Phi) is 5.68. The summed E-state index contributed by atoms with van der Waals surface area (Å²) in [6.07, 6.45) is 1.92. The minimum absolute atomic E-state index is 0.0185. The Morgan fingerprint density at radius 2 is 2.17 bits per heavy atom. The highest BCUT2D eigenvalue weighted by atomic mass is 32.1. The molecule has 2 heterocycles. The topological polar surface area (TPSA) is 49.9 Å². The van der Waals surface area contributed by atoms with Gasteiger partial charge >= 0.3 is 6.09 Å². The summed E-state index contributed by atoms with van der Waals surface area (Å²) in [5.41, 5.74) is 0.552. The molecule has 128 valence electrons. The van der Waals surface area contributed by atoms with Crippen LogP contribution in [0, 0.1) is 0 Å². The van der Waals surface area contributed by atoms with E-state index in [0.29, 0.717) is 13.0 Å². The predicted octanol–water partition coefficient (Wildman–Crippen LogP) is 3.15. The number of carbonyl (C=O) groups excluding carboxylic acids is 2. The maximum atomic E-state index is 12.4. The van der Waals surface area contributed by atoms with Gasteiger partial charge in [0.1, 0.15) is 5.60 Å². The molecule has 5 nitrogen and oxygen atoms in total.